The fraction of sp³-hybridized carbons (Fsp3) is 0.647. The van der Waals surface area contributed by atoms with Crippen molar-refractivity contribution in [1.82, 2.24) is 5.32 Å². The van der Waals surface area contributed by atoms with Gasteiger partial charge in [0.25, 0.3) is 0 Å². The van der Waals surface area contributed by atoms with Gasteiger partial charge in [-0.1, -0.05) is 13.8 Å². The first-order valence-corrected chi connectivity index (χ1v) is 8.80. The molecule has 0 radical (unpaired) electrons. The monoisotopic (exact) mass is 353 g/mol. The van der Waals surface area contributed by atoms with Crippen molar-refractivity contribution in [1.29, 1.82) is 0 Å². The molecule has 0 aromatic heterocycles. The summed E-state index contributed by atoms with van der Waals surface area (Å²) < 4.78 is 13.0. The highest BCUT2D eigenvalue weighted by Crippen LogP contribution is 2.47. The lowest BCUT2D eigenvalue weighted by Gasteiger charge is -2.28. The van der Waals surface area contributed by atoms with Crippen LogP contribution in [-0.4, -0.2) is 26.3 Å². The minimum Gasteiger partial charge on any atom is -0.489 e. The summed E-state index contributed by atoms with van der Waals surface area (Å²) in [4.78, 5) is 0. The number of nitrogens with one attached hydrogen (secondary N) is 1. The number of halogens is 1. The van der Waals surface area contributed by atoms with E-state index in [1.807, 2.05) is 0 Å². The highest BCUT2D eigenvalue weighted by molar-refractivity contribution is 9.10. The standard InChI is InChI=1S/C17H24BrNO2/c1-11(2)15-13(12-5-3-6-19-10-12)9-14(18)16-17(15)21-8-4-7-20-16/h9,11-12,19H,3-8,10H2,1-2H3. The number of hydrogen-bond acceptors (Lipinski definition) is 3. The van der Waals surface area contributed by atoms with E-state index in [1.54, 1.807) is 0 Å². The van der Waals surface area contributed by atoms with Crippen molar-refractivity contribution in [3.05, 3.63) is 21.7 Å². The van der Waals surface area contributed by atoms with Gasteiger partial charge in [0.15, 0.2) is 11.5 Å². The van der Waals surface area contributed by atoms with Gasteiger partial charge in [-0.3, -0.25) is 0 Å². The summed E-state index contributed by atoms with van der Waals surface area (Å²) in [6.07, 6.45) is 3.44. The average Bonchev–Trinajstić information content (AvgIpc) is 2.73. The van der Waals surface area contributed by atoms with Crippen molar-refractivity contribution < 1.29 is 9.47 Å². The minimum atomic E-state index is 0.436. The lowest BCUT2D eigenvalue weighted by Crippen LogP contribution is -2.29. The van der Waals surface area contributed by atoms with Crippen molar-refractivity contribution in [2.24, 2.45) is 0 Å². The molecule has 116 valence electrons. The SMILES string of the molecule is CC(C)c1c(C2CCCNC2)cc(Br)c2c1OCCCO2. The number of fused-ring (bicyclic) bond motifs is 1. The largest absolute Gasteiger partial charge is 0.489 e. The highest BCUT2D eigenvalue weighted by atomic mass is 79.9. The maximum Gasteiger partial charge on any atom is 0.175 e. The molecule has 3 nitrogen and oxygen atoms in total. The number of rotatable bonds is 2. The number of hydrogen-bond donors (Lipinski definition) is 1. The Labute approximate surface area is 135 Å². The zero-order chi connectivity index (χ0) is 14.8. The van der Waals surface area contributed by atoms with E-state index in [4.69, 9.17) is 9.47 Å². The molecule has 2 heterocycles. The predicted molar refractivity (Wildman–Crippen MR) is 88.7 cm³/mol. The molecule has 0 amide bonds. The molecule has 1 unspecified atom stereocenters. The van der Waals surface area contributed by atoms with Crippen LogP contribution in [0.15, 0.2) is 10.5 Å². The van der Waals surface area contributed by atoms with Gasteiger partial charge in [0.05, 0.1) is 17.7 Å². The molecule has 1 atom stereocenters. The van der Waals surface area contributed by atoms with Crippen molar-refractivity contribution in [2.45, 2.75) is 44.9 Å². The van der Waals surface area contributed by atoms with E-state index in [0.717, 1.165) is 48.7 Å². The third-order valence-corrected chi connectivity index (χ3v) is 4.95. The fourth-order valence-electron chi connectivity index (χ4n) is 3.38. The normalized spacial score (nSPS) is 22.2. The molecular weight excluding hydrogens is 330 g/mol. The minimum absolute atomic E-state index is 0.436. The van der Waals surface area contributed by atoms with Crippen LogP contribution in [0, 0.1) is 0 Å². The van der Waals surface area contributed by atoms with Crippen molar-refractivity contribution >= 4 is 15.9 Å². The van der Waals surface area contributed by atoms with E-state index < -0.39 is 0 Å². The summed E-state index contributed by atoms with van der Waals surface area (Å²) in [6.45, 7) is 8.17. The van der Waals surface area contributed by atoms with E-state index in [9.17, 15) is 0 Å². The molecule has 1 saturated heterocycles. The molecule has 1 N–H and O–H groups in total. The van der Waals surface area contributed by atoms with Crippen molar-refractivity contribution in [2.75, 3.05) is 26.3 Å². The topological polar surface area (TPSA) is 30.5 Å². The second-order valence-corrected chi connectivity index (χ2v) is 7.12. The van der Waals surface area contributed by atoms with Gasteiger partial charge >= 0.3 is 0 Å². The Bertz CT molecular complexity index is 510. The van der Waals surface area contributed by atoms with Gasteiger partial charge in [-0.15, -0.1) is 0 Å². The molecule has 2 aliphatic heterocycles. The Balaban J connectivity index is 2.10. The maximum atomic E-state index is 6.08. The third-order valence-electron chi connectivity index (χ3n) is 4.36. The third kappa shape index (κ3) is 3.07. The van der Waals surface area contributed by atoms with E-state index in [-0.39, 0.29) is 0 Å². The van der Waals surface area contributed by atoms with Crippen LogP contribution in [0.3, 0.4) is 0 Å². The van der Waals surface area contributed by atoms with Crippen LogP contribution >= 0.6 is 15.9 Å². The smallest absolute Gasteiger partial charge is 0.175 e. The number of piperidine rings is 1. The summed E-state index contributed by atoms with van der Waals surface area (Å²) in [7, 11) is 0. The lowest BCUT2D eigenvalue weighted by molar-refractivity contribution is 0.295. The first-order valence-electron chi connectivity index (χ1n) is 8.01. The molecule has 4 heteroatoms. The molecule has 2 aliphatic rings. The molecular formula is C17H24BrNO2. The summed E-state index contributed by atoms with van der Waals surface area (Å²) in [5.74, 6) is 2.87. The molecule has 0 bridgehead atoms. The number of benzene rings is 1. The van der Waals surface area contributed by atoms with E-state index in [1.165, 1.54) is 24.0 Å². The van der Waals surface area contributed by atoms with Gasteiger partial charge in [-0.25, -0.2) is 0 Å². The zero-order valence-electron chi connectivity index (χ0n) is 12.9. The zero-order valence-corrected chi connectivity index (χ0v) is 14.5. The molecule has 1 fully saturated rings. The van der Waals surface area contributed by atoms with Gasteiger partial charge in [0.1, 0.15) is 0 Å². The van der Waals surface area contributed by atoms with E-state index in [2.05, 4.69) is 41.2 Å². The second-order valence-electron chi connectivity index (χ2n) is 6.27. The number of ether oxygens (including phenoxy) is 2. The Morgan fingerprint density at radius 1 is 1.19 bits per heavy atom. The Morgan fingerprint density at radius 2 is 1.95 bits per heavy atom. The molecule has 3 rings (SSSR count). The molecule has 21 heavy (non-hydrogen) atoms. The van der Waals surface area contributed by atoms with E-state index in [0.29, 0.717) is 11.8 Å². The van der Waals surface area contributed by atoms with Crippen molar-refractivity contribution in [3.63, 3.8) is 0 Å². The van der Waals surface area contributed by atoms with Crippen LogP contribution in [0.25, 0.3) is 0 Å². The highest BCUT2D eigenvalue weighted by Gasteiger charge is 2.27. The van der Waals surface area contributed by atoms with E-state index >= 15 is 0 Å². The summed E-state index contributed by atoms with van der Waals surface area (Å²) in [5, 5.41) is 3.52. The van der Waals surface area contributed by atoms with Crippen molar-refractivity contribution in [3.8, 4) is 11.5 Å². The Hall–Kier alpha value is -0.740. The van der Waals surface area contributed by atoms with Gasteiger partial charge < -0.3 is 14.8 Å². The van der Waals surface area contributed by atoms with Gasteiger partial charge in [0, 0.05) is 18.5 Å². The molecule has 0 aliphatic carbocycles. The van der Waals surface area contributed by atoms with Crippen LogP contribution in [0.5, 0.6) is 11.5 Å². The average molecular weight is 354 g/mol. The quantitative estimate of drug-likeness (QED) is 0.864. The van der Waals surface area contributed by atoms with Crippen LogP contribution in [0.1, 0.15) is 56.1 Å². The van der Waals surface area contributed by atoms with Crippen LogP contribution in [-0.2, 0) is 0 Å². The summed E-state index contributed by atoms with van der Waals surface area (Å²) in [5.41, 5.74) is 2.76. The first-order chi connectivity index (χ1) is 10.2. The van der Waals surface area contributed by atoms with Gasteiger partial charge in [-0.05, 0) is 58.8 Å². The lowest BCUT2D eigenvalue weighted by atomic mass is 9.84. The Morgan fingerprint density at radius 3 is 2.62 bits per heavy atom. The molecule has 0 saturated carbocycles. The first kappa shape index (κ1) is 15.2. The second kappa shape index (κ2) is 6.57. The Kier molecular flexibility index (Phi) is 4.75. The predicted octanol–water partition coefficient (Wildman–Crippen LogP) is 4.20. The maximum absolute atomic E-state index is 6.08. The fourth-order valence-corrected chi connectivity index (χ4v) is 3.92. The van der Waals surface area contributed by atoms with Crippen LogP contribution < -0.4 is 14.8 Å². The van der Waals surface area contributed by atoms with Gasteiger partial charge in [-0.2, -0.15) is 0 Å². The molecule has 1 aromatic rings. The summed E-state index contributed by atoms with van der Waals surface area (Å²) in [6, 6.07) is 2.26. The summed E-state index contributed by atoms with van der Waals surface area (Å²) >= 11 is 3.69. The van der Waals surface area contributed by atoms with Crippen LogP contribution in [0.2, 0.25) is 0 Å². The van der Waals surface area contributed by atoms with Gasteiger partial charge in [0.2, 0.25) is 0 Å². The molecule has 1 aromatic carbocycles. The molecule has 0 spiro atoms. The van der Waals surface area contributed by atoms with Crippen LogP contribution in [0.4, 0.5) is 0 Å².